The summed E-state index contributed by atoms with van der Waals surface area (Å²) in [7, 11) is 0. The monoisotopic (exact) mass is 348 g/mol. The first-order valence-corrected chi connectivity index (χ1v) is 7.59. The summed E-state index contributed by atoms with van der Waals surface area (Å²) in [4.78, 5) is 24.2. The number of esters is 1. The van der Waals surface area contributed by atoms with Crippen molar-refractivity contribution < 1.29 is 23.1 Å². The Balaban J connectivity index is 1.97. The highest BCUT2D eigenvalue weighted by molar-refractivity contribution is 5.96. The Morgan fingerprint density at radius 1 is 1.04 bits per heavy atom. The van der Waals surface area contributed by atoms with E-state index in [9.17, 15) is 18.4 Å². The van der Waals surface area contributed by atoms with Gasteiger partial charge in [0, 0.05) is 5.69 Å². The van der Waals surface area contributed by atoms with Crippen molar-refractivity contribution in [1.29, 1.82) is 0 Å². The normalized spacial score (nSPS) is 13.0. The van der Waals surface area contributed by atoms with Crippen LogP contribution in [0.25, 0.3) is 0 Å². The molecule has 2 atom stereocenters. The number of carbonyl (C=O) groups excluding carboxylic acids is 2. The molecule has 2 aromatic rings. The lowest BCUT2D eigenvalue weighted by atomic mass is 10.1. The van der Waals surface area contributed by atoms with Crippen molar-refractivity contribution in [1.82, 2.24) is 5.32 Å². The van der Waals surface area contributed by atoms with E-state index in [1.165, 1.54) is 25.1 Å². The van der Waals surface area contributed by atoms with Crippen molar-refractivity contribution >= 4 is 17.6 Å². The van der Waals surface area contributed by atoms with Gasteiger partial charge < -0.3 is 15.8 Å². The van der Waals surface area contributed by atoms with Crippen LogP contribution >= 0.6 is 0 Å². The molecule has 0 aliphatic rings. The number of ether oxygens (including phenoxy) is 1. The largest absolute Gasteiger partial charge is 0.449 e. The van der Waals surface area contributed by atoms with Crippen molar-refractivity contribution in [3.8, 4) is 0 Å². The van der Waals surface area contributed by atoms with Crippen LogP contribution in [0.3, 0.4) is 0 Å². The molecule has 0 bridgehead atoms. The fraction of sp³-hybridized carbons (Fsp3) is 0.222. The number of benzene rings is 2. The van der Waals surface area contributed by atoms with E-state index in [4.69, 9.17) is 10.5 Å². The van der Waals surface area contributed by atoms with E-state index in [1.807, 2.05) is 0 Å². The van der Waals surface area contributed by atoms with Gasteiger partial charge in [0.25, 0.3) is 5.91 Å². The van der Waals surface area contributed by atoms with Gasteiger partial charge in [-0.05, 0) is 49.7 Å². The van der Waals surface area contributed by atoms with Crippen LogP contribution in [0.15, 0.2) is 42.5 Å². The fourth-order valence-electron chi connectivity index (χ4n) is 2.16. The Labute approximate surface area is 143 Å². The fourth-order valence-corrected chi connectivity index (χ4v) is 2.16. The lowest BCUT2D eigenvalue weighted by molar-refractivity contribution is -0.129. The molecule has 0 aliphatic heterocycles. The summed E-state index contributed by atoms with van der Waals surface area (Å²) < 4.78 is 31.0. The van der Waals surface area contributed by atoms with Gasteiger partial charge in [0.2, 0.25) is 0 Å². The lowest BCUT2D eigenvalue weighted by Gasteiger charge is -2.18. The van der Waals surface area contributed by atoms with E-state index in [0.717, 1.165) is 12.1 Å². The molecule has 25 heavy (non-hydrogen) atoms. The first-order chi connectivity index (χ1) is 11.8. The lowest BCUT2D eigenvalue weighted by Crippen LogP contribution is -2.37. The summed E-state index contributed by atoms with van der Waals surface area (Å²) in [5.74, 6) is -2.30. The van der Waals surface area contributed by atoms with E-state index in [1.54, 1.807) is 19.1 Å². The van der Waals surface area contributed by atoms with E-state index < -0.39 is 29.8 Å². The van der Waals surface area contributed by atoms with Gasteiger partial charge in [0.05, 0.1) is 11.6 Å². The predicted octanol–water partition coefficient (Wildman–Crippen LogP) is 2.97. The maximum atomic E-state index is 13.0. The van der Waals surface area contributed by atoms with Crippen molar-refractivity contribution in [2.75, 3.05) is 5.73 Å². The highest BCUT2D eigenvalue weighted by Crippen LogP contribution is 2.16. The van der Waals surface area contributed by atoms with Crippen molar-refractivity contribution in [3.63, 3.8) is 0 Å². The molecule has 7 heteroatoms. The SMILES string of the molecule is CC(OC(=O)c1ccc(F)cc1N)C(=O)NC(C)c1ccc(F)cc1. The van der Waals surface area contributed by atoms with Gasteiger partial charge in [-0.1, -0.05) is 12.1 Å². The van der Waals surface area contributed by atoms with E-state index in [0.29, 0.717) is 5.56 Å². The first kappa shape index (κ1) is 18.4. The van der Waals surface area contributed by atoms with Gasteiger partial charge in [-0.25, -0.2) is 13.6 Å². The van der Waals surface area contributed by atoms with Crippen LogP contribution in [0.1, 0.15) is 35.8 Å². The molecule has 3 N–H and O–H groups in total. The summed E-state index contributed by atoms with van der Waals surface area (Å²) in [6.07, 6.45) is -1.08. The maximum absolute atomic E-state index is 13.0. The molecule has 2 rings (SSSR count). The number of nitrogens with one attached hydrogen (secondary N) is 1. The maximum Gasteiger partial charge on any atom is 0.341 e. The highest BCUT2D eigenvalue weighted by atomic mass is 19.1. The average molecular weight is 348 g/mol. The molecule has 0 saturated carbocycles. The third-order valence-corrected chi connectivity index (χ3v) is 3.62. The molecule has 0 aliphatic carbocycles. The molecule has 0 saturated heterocycles. The minimum Gasteiger partial charge on any atom is -0.449 e. The van der Waals surface area contributed by atoms with Crippen LogP contribution < -0.4 is 11.1 Å². The molecular formula is C18H18F2N2O3. The number of halogens is 2. The summed E-state index contributed by atoms with van der Waals surface area (Å²) in [6, 6.07) is 8.56. The summed E-state index contributed by atoms with van der Waals surface area (Å²) in [5.41, 5.74) is 6.18. The first-order valence-electron chi connectivity index (χ1n) is 7.59. The topological polar surface area (TPSA) is 81.4 Å². The molecule has 5 nitrogen and oxygen atoms in total. The van der Waals surface area contributed by atoms with E-state index in [2.05, 4.69) is 5.32 Å². The van der Waals surface area contributed by atoms with Gasteiger partial charge in [0.1, 0.15) is 11.6 Å². The molecule has 0 radical (unpaired) electrons. The summed E-state index contributed by atoms with van der Waals surface area (Å²) in [5, 5.41) is 2.67. The Morgan fingerprint density at radius 2 is 1.64 bits per heavy atom. The number of hydrogen-bond donors (Lipinski definition) is 2. The molecule has 0 spiro atoms. The standard InChI is InChI=1S/C18H18F2N2O3/c1-10(12-3-5-13(19)6-4-12)22-17(23)11(2)25-18(24)15-8-7-14(20)9-16(15)21/h3-11H,21H2,1-2H3,(H,22,23). The number of hydrogen-bond acceptors (Lipinski definition) is 4. The van der Waals surface area contributed by atoms with Crippen molar-refractivity contribution in [2.24, 2.45) is 0 Å². The predicted molar refractivity (Wildman–Crippen MR) is 88.6 cm³/mol. The molecule has 0 aromatic heterocycles. The van der Waals surface area contributed by atoms with Gasteiger partial charge in [0.15, 0.2) is 6.10 Å². The zero-order chi connectivity index (χ0) is 18.6. The van der Waals surface area contributed by atoms with Gasteiger partial charge in [-0.2, -0.15) is 0 Å². The molecule has 0 heterocycles. The Hall–Kier alpha value is -2.96. The third-order valence-electron chi connectivity index (χ3n) is 3.62. The second-order valence-corrected chi connectivity index (χ2v) is 5.56. The number of amides is 1. The second kappa shape index (κ2) is 7.74. The molecule has 2 unspecified atom stereocenters. The Bertz CT molecular complexity index is 778. The molecular weight excluding hydrogens is 330 g/mol. The summed E-state index contributed by atoms with van der Waals surface area (Å²) in [6.45, 7) is 3.13. The van der Waals surface area contributed by atoms with E-state index >= 15 is 0 Å². The smallest absolute Gasteiger partial charge is 0.341 e. The number of nitrogen functional groups attached to an aromatic ring is 1. The van der Waals surface area contributed by atoms with Gasteiger partial charge in [-0.3, -0.25) is 4.79 Å². The van der Waals surface area contributed by atoms with E-state index in [-0.39, 0.29) is 17.1 Å². The summed E-state index contributed by atoms with van der Waals surface area (Å²) >= 11 is 0. The minimum atomic E-state index is -1.08. The Kier molecular flexibility index (Phi) is 5.69. The molecule has 2 aromatic carbocycles. The zero-order valence-corrected chi connectivity index (χ0v) is 13.8. The number of rotatable bonds is 5. The van der Waals surface area contributed by atoms with Crippen molar-refractivity contribution in [2.45, 2.75) is 26.0 Å². The number of carbonyl (C=O) groups is 2. The van der Waals surface area contributed by atoms with Crippen LogP contribution in [-0.2, 0) is 9.53 Å². The second-order valence-electron chi connectivity index (χ2n) is 5.56. The van der Waals surface area contributed by atoms with Crippen LogP contribution in [0.2, 0.25) is 0 Å². The number of nitrogens with two attached hydrogens (primary N) is 1. The van der Waals surface area contributed by atoms with Gasteiger partial charge in [-0.15, -0.1) is 0 Å². The van der Waals surface area contributed by atoms with Crippen molar-refractivity contribution in [3.05, 3.63) is 65.2 Å². The molecule has 1 amide bonds. The van der Waals surface area contributed by atoms with Crippen LogP contribution in [0, 0.1) is 11.6 Å². The average Bonchev–Trinajstić information content (AvgIpc) is 2.55. The Morgan fingerprint density at radius 3 is 2.24 bits per heavy atom. The minimum absolute atomic E-state index is 0.0207. The zero-order valence-electron chi connectivity index (χ0n) is 13.8. The third kappa shape index (κ3) is 4.76. The quantitative estimate of drug-likeness (QED) is 0.643. The van der Waals surface area contributed by atoms with Crippen LogP contribution in [0.5, 0.6) is 0 Å². The molecule has 0 fully saturated rings. The molecule has 132 valence electrons. The van der Waals surface area contributed by atoms with Crippen LogP contribution in [-0.4, -0.2) is 18.0 Å². The number of anilines is 1. The van der Waals surface area contributed by atoms with Crippen LogP contribution in [0.4, 0.5) is 14.5 Å². The highest BCUT2D eigenvalue weighted by Gasteiger charge is 2.22. The van der Waals surface area contributed by atoms with Gasteiger partial charge >= 0.3 is 5.97 Å².